The lowest BCUT2D eigenvalue weighted by Gasteiger charge is -2.17. The van der Waals surface area contributed by atoms with Gasteiger partial charge in [0.05, 0.1) is 6.61 Å². The SMILES string of the molecule is Cc1cccc(CN)c1NC(C)CO. The molecule has 1 aromatic carbocycles. The second-order valence-electron chi connectivity index (χ2n) is 3.54. The van der Waals surface area contributed by atoms with Crippen LogP contribution >= 0.6 is 0 Å². The van der Waals surface area contributed by atoms with Gasteiger partial charge in [-0.15, -0.1) is 0 Å². The molecule has 0 fully saturated rings. The number of aliphatic hydroxyl groups is 1. The average Bonchev–Trinajstić information content (AvgIpc) is 2.20. The van der Waals surface area contributed by atoms with Crippen LogP contribution in [0.2, 0.25) is 0 Å². The van der Waals surface area contributed by atoms with Gasteiger partial charge in [-0.1, -0.05) is 18.2 Å². The average molecular weight is 194 g/mol. The van der Waals surface area contributed by atoms with Crippen LogP contribution in [0.5, 0.6) is 0 Å². The number of benzene rings is 1. The van der Waals surface area contributed by atoms with Crippen LogP contribution in [0.25, 0.3) is 0 Å². The van der Waals surface area contributed by atoms with Crippen molar-refractivity contribution >= 4 is 5.69 Å². The quantitative estimate of drug-likeness (QED) is 0.676. The zero-order valence-corrected chi connectivity index (χ0v) is 8.75. The fraction of sp³-hybridized carbons (Fsp3) is 0.455. The number of nitrogens with one attached hydrogen (secondary N) is 1. The zero-order chi connectivity index (χ0) is 10.6. The number of hydrogen-bond acceptors (Lipinski definition) is 3. The number of rotatable bonds is 4. The Labute approximate surface area is 84.9 Å². The van der Waals surface area contributed by atoms with Gasteiger partial charge in [0, 0.05) is 18.3 Å². The summed E-state index contributed by atoms with van der Waals surface area (Å²) in [6.07, 6.45) is 0. The molecule has 0 radical (unpaired) electrons. The first-order valence-electron chi connectivity index (χ1n) is 4.85. The molecule has 1 atom stereocenters. The zero-order valence-electron chi connectivity index (χ0n) is 8.75. The molecule has 0 amide bonds. The largest absolute Gasteiger partial charge is 0.394 e. The Balaban J connectivity index is 2.92. The van der Waals surface area contributed by atoms with Gasteiger partial charge < -0.3 is 16.2 Å². The van der Waals surface area contributed by atoms with E-state index in [1.807, 2.05) is 32.0 Å². The van der Waals surface area contributed by atoms with E-state index in [1.54, 1.807) is 0 Å². The van der Waals surface area contributed by atoms with E-state index in [1.165, 1.54) is 0 Å². The van der Waals surface area contributed by atoms with Gasteiger partial charge in [0.2, 0.25) is 0 Å². The van der Waals surface area contributed by atoms with Crippen molar-refractivity contribution in [2.45, 2.75) is 26.4 Å². The molecular formula is C11H18N2O. The van der Waals surface area contributed by atoms with E-state index < -0.39 is 0 Å². The fourth-order valence-corrected chi connectivity index (χ4v) is 1.40. The third kappa shape index (κ3) is 2.47. The summed E-state index contributed by atoms with van der Waals surface area (Å²) in [7, 11) is 0. The summed E-state index contributed by atoms with van der Waals surface area (Å²) in [6, 6.07) is 6.08. The summed E-state index contributed by atoms with van der Waals surface area (Å²) in [5, 5.41) is 12.2. The van der Waals surface area contributed by atoms with Gasteiger partial charge in [0.25, 0.3) is 0 Å². The second kappa shape index (κ2) is 4.98. The van der Waals surface area contributed by atoms with Crippen LogP contribution in [0.15, 0.2) is 18.2 Å². The van der Waals surface area contributed by atoms with E-state index >= 15 is 0 Å². The van der Waals surface area contributed by atoms with Crippen molar-refractivity contribution in [2.75, 3.05) is 11.9 Å². The maximum atomic E-state index is 8.96. The van der Waals surface area contributed by atoms with E-state index in [-0.39, 0.29) is 12.6 Å². The third-order valence-electron chi connectivity index (χ3n) is 2.24. The normalized spacial score (nSPS) is 12.6. The number of aliphatic hydroxyl groups excluding tert-OH is 1. The molecule has 0 saturated carbocycles. The first-order chi connectivity index (χ1) is 6.69. The highest BCUT2D eigenvalue weighted by Crippen LogP contribution is 2.20. The predicted molar refractivity (Wildman–Crippen MR) is 59.2 cm³/mol. The maximum absolute atomic E-state index is 8.96. The van der Waals surface area contributed by atoms with Crippen LogP contribution in [-0.2, 0) is 6.54 Å². The number of nitrogens with two attached hydrogens (primary N) is 1. The number of anilines is 1. The van der Waals surface area contributed by atoms with Gasteiger partial charge >= 0.3 is 0 Å². The van der Waals surface area contributed by atoms with Crippen molar-refractivity contribution in [1.29, 1.82) is 0 Å². The molecule has 1 unspecified atom stereocenters. The molecule has 1 aromatic rings. The highest BCUT2D eigenvalue weighted by Gasteiger charge is 2.06. The van der Waals surface area contributed by atoms with E-state index in [4.69, 9.17) is 10.8 Å². The fourth-order valence-electron chi connectivity index (χ4n) is 1.40. The minimum Gasteiger partial charge on any atom is -0.394 e. The van der Waals surface area contributed by atoms with Gasteiger partial charge in [-0.2, -0.15) is 0 Å². The molecule has 3 heteroatoms. The first-order valence-corrected chi connectivity index (χ1v) is 4.85. The van der Waals surface area contributed by atoms with E-state index in [2.05, 4.69) is 5.32 Å². The summed E-state index contributed by atoms with van der Waals surface area (Å²) >= 11 is 0. The lowest BCUT2D eigenvalue weighted by molar-refractivity contribution is 0.281. The van der Waals surface area contributed by atoms with Crippen LogP contribution in [0.4, 0.5) is 5.69 Å². The monoisotopic (exact) mass is 194 g/mol. The van der Waals surface area contributed by atoms with Crippen LogP contribution in [-0.4, -0.2) is 17.8 Å². The molecule has 0 saturated heterocycles. The maximum Gasteiger partial charge on any atom is 0.0630 e. The summed E-state index contributed by atoms with van der Waals surface area (Å²) in [5.74, 6) is 0. The first kappa shape index (κ1) is 11.0. The molecule has 0 bridgehead atoms. The molecule has 4 N–H and O–H groups in total. The Kier molecular flexibility index (Phi) is 3.92. The van der Waals surface area contributed by atoms with Crippen molar-refractivity contribution in [3.05, 3.63) is 29.3 Å². The summed E-state index contributed by atoms with van der Waals surface area (Å²) in [5.41, 5.74) is 8.94. The van der Waals surface area contributed by atoms with Gasteiger partial charge in [0.15, 0.2) is 0 Å². The Morgan fingerprint density at radius 3 is 2.79 bits per heavy atom. The van der Waals surface area contributed by atoms with Crippen molar-refractivity contribution < 1.29 is 5.11 Å². The summed E-state index contributed by atoms with van der Waals surface area (Å²) < 4.78 is 0. The Bertz CT molecular complexity index is 299. The van der Waals surface area contributed by atoms with Crippen LogP contribution < -0.4 is 11.1 Å². The molecule has 1 rings (SSSR count). The lowest BCUT2D eigenvalue weighted by Crippen LogP contribution is -2.21. The molecule has 0 spiro atoms. The van der Waals surface area contributed by atoms with Crippen molar-refractivity contribution in [2.24, 2.45) is 5.73 Å². The number of para-hydroxylation sites is 1. The number of aryl methyl sites for hydroxylation is 1. The second-order valence-corrected chi connectivity index (χ2v) is 3.54. The van der Waals surface area contributed by atoms with Gasteiger partial charge in [-0.3, -0.25) is 0 Å². The lowest BCUT2D eigenvalue weighted by atomic mass is 10.1. The number of hydrogen-bond donors (Lipinski definition) is 3. The molecule has 0 aliphatic rings. The Hall–Kier alpha value is -1.06. The minimum absolute atomic E-state index is 0.0569. The molecule has 14 heavy (non-hydrogen) atoms. The minimum atomic E-state index is 0.0569. The molecule has 0 aliphatic heterocycles. The topological polar surface area (TPSA) is 58.3 Å². The highest BCUT2D eigenvalue weighted by atomic mass is 16.3. The molecule has 0 aromatic heterocycles. The molecule has 0 aliphatic carbocycles. The van der Waals surface area contributed by atoms with Crippen LogP contribution in [0.1, 0.15) is 18.1 Å². The predicted octanol–water partition coefficient (Wildman–Crippen LogP) is 1.25. The van der Waals surface area contributed by atoms with Crippen molar-refractivity contribution in [3.8, 4) is 0 Å². The van der Waals surface area contributed by atoms with Gasteiger partial charge in [0.1, 0.15) is 0 Å². The molecule has 0 heterocycles. The van der Waals surface area contributed by atoms with Crippen LogP contribution in [0, 0.1) is 6.92 Å². The van der Waals surface area contributed by atoms with Crippen LogP contribution in [0.3, 0.4) is 0 Å². The van der Waals surface area contributed by atoms with Crippen molar-refractivity contribution in [1.82, 2.24) is 0 Å². The Morgan fingerprint density at radius 1 is 1.50 bits per heavy atom. The van der Waals surface area contributed by atoms with E-state index in [0.29, 0.717) is 6.54 Å². The van der Waals surface area contributed by atoms with Crippen molar-refractivity contribution in [3.63, 3.8) is 0 Å². The Morgan fingerprint density at radius 2 is 2.21 bits per heavy atom. The third-order valence-corrected chi connectivity index (χ3v) is 2.24. The van der Waals surface area contributed by atoms with E-state index in [0.717, 1.165) is 16.8 Å². The van der Waals surface area contributed by atoms with Gasteiger partial charge in [-0.05, 0) is 25.0 Å². The molecule has 78 valence electrons. The van der Waals surface area contributed by atoms with E-state index in [9.17, 15) is 0 Å². The highest BCUT2D eigenvalue weighted by molar-refractivity contribution is 5.57. The standard InChI is InChI=1S/C11H18N2O/c1-8-4-3-5-10(6-12)11(8)13-9(2)7-14/h3-5,9,13-14H,6-7,12H2,1-2H3. The summed E-state index contributed by atoms with van der Waals surface area (Å²) in [4.78, 5) is 0. The molecule has 3 nitrogen and oxygen atoms in total. The smallest absolute Gasteiger partial charge is 0.0630 e. The molecular weight excluding hydrogens is 176 g/mol. The summed E-state index contributed by atoms with van der Waals surface area (Å²) in [6.45, 7) is 4.61. The van der Waals surface area contributed by atoms with Gasteiger partial charge in [-0.25, -0.2) is 0 Å².